The first-order valence-corrected chi connectivity index (χ1v) is 9.15. The third-order valence-electron chi connectivity index (χ3n) is 5.01. The van der Waals surface area contributed by atoms with Gasteiger partial charge in [-0.05, 0) is 31.0 Å². The van der Waals surface area contributed by atoms with Crippen molar-refractivity contribution in [3.63, 3.8) is 0 Å². The van der Waals surface area contributed by atoms with Gasteiger partial charge in [0.15, 0.2) is 0 Å². The summed E-state index contributed by atoms with van der Waals surface area (Å²) in [5.41, 5.74) is 2.67. The van der Waals surface area contributed by atoms with Crippen molar-refractivity contribution in [3.8, 4) is 0 Å². The van der Waals surface area contributed by atoms with Gasteiger partial charge in [-0.25, -0.2) is 4.79 Å². The maximum Gasteiger partial charge on any atom is 0.354 e. The van der Waals surface area contributed by atoms with Gasteiger partial charge in [0.1, 0.15) is 5.69 Å². The Morgan fingerprint density at radius 2 is 1.48 bits per heavy atom. The SMILES string of the molecule is CC(C(C)n1nccc1C(=O)O)N(Cc1ccccc1)Cc1ccccc1. The number of rotatable bonds is 8. The van der Waals surface area contributed by atoms with Crippen molar-refractivity contribution in [2.75, 3.05) is 0 Å². The topological polar surface area (TPSA) is 58.4 Å². The summed E-state index contributed by atoms with van der Waals surface area (Å²) >= 11 is 0. The summed E-state index contributed by atoms with van der Waals surface area (Å²) in [6.07, 6.45) is 1.55. The molecule has 0 aliphatic rings. The first kappa shape index (κ1) is 18.9. The van der Waals surface area contributed by atoms with Gasteiger partial charge in [-0.1, -0.05) is 60.7 Å². The summed E-state index contributed by atoms with van der Waals surface area (Å²) < 4.78 is 1.61. The van der Waals surface area contributed by atoms with Crippen molar-refractivity contribution in [2.24, 2.45) is 0 Å². The predicted molar refractivity (Wildman–Crippen MR) is 105 cm³/mol. The minimum absolute atomic E-state index is 0.0847. The van der Waals surface area contributed by atoms with Gasteiger partial charge in [0.05, 0.1) is 6.04 Å². The van der Waals surface area contributed by atoms with Gasteiger partial charge < -0.3 is 5.11 Å². The first-order chi connectivity index (χ1) is 13.1. The molecular weight excluding hydrogens is 338 g/mol. The maximum atomic E-state index is 11.5. The molecule has 2 atom stereocenters. The van der Waals surface area contributed by atoms with Crippen molar-refractivity contribution in [1.29, 1.82) is 0 Å². The van der Waals surface area contributed by atoms with Crippen LogP contribution in [0.15, 0.2) is 72.9 Å². The van der Waals surface area contributed by atoms with Crippen LogP contribution in [0.2, 0.25) is 0 Å². The van der Waals surface area contributed by atoms with E-state index in [4.69, 9.17) is 0 Å². The van der Waals surface area contributed by atoms with Gasteiger partial charge in [-0.15, -0.1) is 0 Å². The molecule has 1 aromatic heterocycles. The van der Waals surface area contributed by atoms with Crippen LogP contribution in [0.5, 0.6) is 0 Å². The number of carbonyl (C=O) groups is 1. The number of benzene rings is 2. The largest absolute Gasteiger partial charge is 0.477 e. The number of aromatic nitrogens is 2. The molecule has 0 fully saturated rings. The van der Waals surface area contributed by atoms with E-state index in [1.807, 2.05) is 43.3 Å². The molecule has 1 N–H and O–H groups in total. The van der Waals surface area contributed by atoms with Gasteiger partial charge in [0.25, 0.3) is 0 Å². The molecule has 0 spiro atoms. The average Bonchev–Trinajstić information content (AvgIpc) is 3.18. The van der Waals surface area contributed by atoms with Gasteiger partial charge in [0, 0.05) is 25.3 Å². The number of carboxylic acids is 1. The molecular formula is C22H25N3O2. The summed E-state index contributed by atoms with van der Waals surface area (Å²) in [6, 6.07) is 22.2. The molecule has 0 saturated heterocycles. The fourth-order valence-electron chi connectivity index (χ4n) is 3.30. The van der Waals surface area contributed by atoms with E-state index < -0.39 is 5.97 Å². The molecule has 0 radical (unpaired) electrons. The van der Waals surface area contributed by atoms with E-state index in [2.05, 4.69) is 41.2 Å². The standard InChI is InChI=1S/C22H25N3O2/c1-17(18(2)25-21(22(26)27)13-14-23-25)24(15-19-9-5-3-6-10-19)16-20-11-7-4-8-12-20/h3-14,17-18H,15-16H2,1-2H3,(H,26,27). The van der Waals surface area contributed by atoms with Crippen LogP contribution in [0.4, 0.5) is 0 Å². The molecule has 0 amide bonds. The fraction of sp³-hybridized carbons (Fsp3) is 0.273. The van der Waals surface area contributed by atoms with Crippen molar-refractivity contribution >= 4 is 5.97 Å². The zero-order chi connectivity index (χ0) is 19.2. The van der Waals surface area contributed by atoms with Crippen LogP contribution < -0.4 is 0 Å². The summed E-state index contributed by atoms with van der Waals surface area (Å²) in [6.45, 7) is 5.72. The third kappa shape index (κ3) is 4.63. The third-order valence-corrected chi connectivity index (χ3v) is 5.01. The molecule has 0 saturated carbocycles. The lowest BCUT2D eigenvalue weighted by Crippen LogP contribution is -2.38. The predicted octanol–water partition coefficient (Wildman–Crippen LogP) is 4.23. The van der Waals surface area contributed by atoms with Gasteiger partial charge in [-0.2, -0.15) is 5.10 Å². The van der Waals surface area contributed by atoms with E-state index in [-0.39, 0.29) is 17.8 Å². The van der Waals surface area contributed by atoms with Crippen molar-refractivity contribution in [3.05, 3.63) is 89.7 Å². The van der Waals surface area contributed by atoms with Gasteiger partial charge >= 0.3 is 5.97 Å². The lowest BCUT2D eigenvalue weighted by molar-refractivity contribution is 0.0671. The van der Waals surface area contributed by atoms with Gasteiger partial charge in [0.2, 0.25) is 0 Å². The molecule has 5 nitrogen and oxygen atoms in total. The summed E-state index contributed by atoms with van der Waals surface area (Å²) in [7, 11) is 0. The van der Waals surface area contributed by atoms with Crippen molar-refractivity contribution in [2.45, 2.75) is 39.0 Å². The number of hydrogen-bond acceptors (Lipinski definition) is 3. The Hall–Kier alpha value is -2.92. The quantitative estimate of drug-likeness (QED) is 0.650. The van der Waals surface area contributed by atoms with E-state index in [1.165, 1.54) is 11.1 Å². The van der Waals surface area contributed by atoms with E-state index in [0.717, 1.165) is 13.1 Å². The second kappa shape index (κ2) is 8.64. The Balaban J connectivity index is 1.86. The van der Waals surface area contributed by atoms with Crippen LogP contribution in [0, 0.1) is 0 Å². The average molecular weight is 363 g/mol. The van der Waals surface area contributed by atoms with E-state index in [1.54, 1.807) is 16.9 Å². The number of nitrogens with zero attached hydrogens (tertiary/aromatic N) is 3. The van der Waals surface area contributed by atoms with Crippen molar-refractivity contribution < 1.29 is 9.90 Å². The lowest BCUT2D eigenvalue weighted by atomic mass is 10.1. The molecule has 5 heteroatoms. The van der Waals surface area contributed by atoms with Crippen LogP contribution in [0.3, 0.4) is 0 Å². The van der Waals surface area contributed by atoms with Gasteiger partial charge in [-0.3, -0.25) is 9.58 Å². The highest BCUT2D eigenvalue weighted by molar-refractivity contribution is 5.85. The zero-order valence-electron chi connectivity index (χ0n) is 15.7. The number of hydrogen-bond donors (Lipinski definition) is 1. The first-order valence-electron chi connectivity index (χ1n) is 9.15. The summed E-state index contributed by atoms with van der Waals surface area (Å²) in [5.74, 6) is -0.954. The second-order valence-corrected chi connectivity index (χ2v) is 6.82. The maximum absolute atomic E-state index is 11.5. The molecule has 1 heterocycles. The minimum Gasteiger partial charge on any atom is -0.477 e. The van der Waals surface area contributed by atoms with Crippen LogP contribution in [0.25, 0.3) is 0 Å². The Kier molecular flexibility index (Phi) is 6.04. The second-order valence-electron chi connectivity index (χ2n) is 6.82. The molecule has 0 aliphatic carbocycles. The van der Waals surface area contributed by atoms with Crippen LogP contribution in [0.1, 0.15) is 41.5 Å². The van der Waals surface area contributed by atoms with Crippen LogP contribution in [-0.4, -0.2) is 31.8 Å². The highest BCUT2D eigenvalue weighted by Gasteiger charge is 2.25. The molecule has 0 bridgehead atoms. The monoisotopic (exact) mass is 363 g/mol. The fourth-order valence-corrected chi connectivity index (χ4v) is 3.30. The van der Waals surface area contributed by atoms with Crippen LogP contribution in [-0.2, 0) is 13.1 Å². The summed E-state index contributed by atoms with van der Waals surface area (Å²) in [4.78, 5) is 13.9. The molecule has 27 heavy (non-hydrogen) atoms. The van der Waals surface area contributed by atoms with Crippen molar-refractivity contribution in [1.82, 2.24) is 14.7 Å². The normalized spacial score (nSPS) is 13.4. The highest BCUT2D eigenvalue weighted by atomic mass is 16.4. The molecule has 0 aliphatic heterocycles. The lowest BCUT2D eigenvalue weighted by Gasteiger charge is -2.34. The Labute approximate surface area is 159 Å². The van der Waals surface area contributed by atoms with E-state index >= 15 is 0 Å². The molecule has 2 unspecified atom stereocenters. The smallest absolute Gasteiger partial charge is 0.354 e. The molecule has 140 valence electrons. The van der Waals surface area contributed by atoms with Crippen LogP contribution >= 0.6 is 0 Å². The highest BCUT2D eigenvalue weighted by Crippen LogP contribution is 2.22. The minimum atomic E-state index is -0.954. The van der Waals surface area contributed by atoms with E-state index in [0.29, 0.717) is 0 Å². The number of aromatic carboxylic acids is 1. The molecule has 2 aromatic carbocycles. The Morgan fingerprint density at radius 1 is 0.963 bits per heavy atom. The number of carboxylic acid groups (broad SMARTS) is 1. The Bertz CT molecular complexity index is 820. The molecule has 3 aromatic rings. The molecule has 3 rings (SSSR count). The Morgan fingerprint density at radius 3 is 1.96 bits per heavy atom. The summed E-state index contributed by atoms with van der Waals surface area (Å²) in [5, 5.41) is 13.7. The zero-order valence-corrected chi connectivity index (χ0v) is 15.7. The van der Waals surface area contributed by atoms with E-state index in [9.17, 15) is 9.90 Å².